The Bertz CT molecular complexity index is 273. The van der Waals surface area contributed by atoms with Crippen LogP contribution < -0.4 is 0 Å². The summed E-state index contributed by atoms with van der Waals surface area (Å²) in [5, 5.41) is 8.83. The quantitative estimate of drug-likeness (QED) is 0.349. The minimum absolute atomic E-state index is 0.123. The predicted octanol–water partition coefficient (Wildman–Crippen LogP) is 4.18. The molecular weight excluding hydrogens is 216 g/mol. The Morgan fingerprint density at radius 2 is 1.59 bits per heavy atom. The van der Waals surface area contributed by atoms with Gasteiger partial charge in [0, 0.05) is 0 Å². The fraction of sp³-hybridized carbons (Fsp3) is 0.500. The van der Waals surface area contributed by atoms with E-state index in [0.29, 0.717) is 11.1 Å². The summed E-state index contributed by atoms with van der Waals surface area (Å²) in [7, 11) is 1.26. The molecule has 0 aromatic carbocycles. The molecule has 0 aromatic heterocycles. The molecule has 0 spiro atoms. The molecule has 0 aliphatic carbocycles. The van der Waals surface area contributed by atoms with Gasteiger partial charge in [-0.2, -0.15) is 0 Å². The predicted molar refractivity (Wildman–Crippen MR) is 74.0 cm³/mol. The number of carbonyl (C=O) groups excluding carboxylic acids is 1. The van der Waals surface area contributed by atoms with Crippen LogP contribution in [0.3, 0.4) is 0 Å². The maximum Gasteiger partial charge on any atom is 0.341 e. The van der Waals surface area contributed by atoms with E-state index in [9.17, 15) is 4.79 Å². The standard InChI is InChI=1S/C10H14O3.2C2H6/c1-5-8(7(2)3)9(6-11)10(12)13-4;2*1-2/h5-6,11H,2H2,1,3-4H3;2*1-2H3/b8-5+,9-6+;;. The van der Waals surface area contributed by atoms with Crippen molar-refractivity contribution in [3.05, 3.63) is 35.6 Å². The summed E-state index contributed by atoms with van der Waals surface area (Å²) in [6, 6.07) is 0. The van der Waals surface area contributed by atoms with Crippen LogP contribution in [0.15, 0.2) is 35.6 Å². The van der Waals surface area contributed by atoms with Crippen molar-refractivity contribution in [2.75, 3.05) is 7.11 Å². The van der Waals surface area contributed by atoms with Crippen LogP contribution in [0.5, 0.6) is 0 Å². The lowest BCUT2D eigenvalue weighted by Gasteiger charge is -2.07. The van der Waals surface area contributed by atoms with E-state index in [0.717, 1.165) is 6.26 Å². The van der Waals surface area contributed by atoms with Gasteiger partial charge in [0.15, 0.2) is 0 Å². The van der Waals surface area contributed by atoms with Gasteiger partial charge in [-0.3, -0.25) is 0 Å². The van der Waals surface area contributed by atoms with Crippen molar-refractivity contribution >= 4 is 5.97 Å². The van der Waals surface area contributed by atoms with Gasteiger partial charge in [0.25, 0.3) is 0 Å². The van der Waals surface area contributed by atoms with Gasteiger partial charge in [0.05, 0.1) is 13.4 Å². The molecule has 100 valence electrons. The van der Waals surface area contributed by atoms with E-state index in [2.05, 4.69) is 11.3 Å². The number of hydrogen-bond donors (Lipinski definition) is 1. The Morgan fingerprint density at radius 1 is 1.18 bits per heavy atom. The number of carbonyl (C=O) groups is 1. The lowest BCUT2D eigenvalue weighted by Crippen LogP contribution is -2.07. The smallest absolute Gasteiger partial charge is 0.341 e. The monoisotopic (exact) mass is 242 g/mol. The normalized spacial score (nSPS) is 10.3. The Morgan fingerprint density at radius 3 is 1.76 bits per heavy atom. The number of esters is 1. The molecule has 17 heavy (non-hydrogen) atoms. The highest BCUT2D eigenvalue weighted by Gasteiger charge is 2.14. The van der Waals surface area contributed by atoms with Gasteiger partial charge in [-0.1, -0.05) is 45.9 Å². The van der Waals surface area contributed by atoms with Crippen molar-refractivity contribution in [2.24, 2.45) is 0 Å². The third-order valence-corrected chi connectivity index (χ3v) is 1.57. The summed E-state index contributed by atoms with van der Waals surface area (Å²) in [6.45, 7) is 15.2. The maximum atomic E-state index is 11.1. The summed E-state index contributed by atoms with van der Waals surface area (Å²) >= 11 is 0. The highest BCUT2D eigenvalue weighted by molar-refractivity contribution is 5.94. The third-order valence-electron chi connectivity index (χ3n) is 1.57. The molecule has 0 atom stereocenters. The minimum atomic E-state index is -0.571. The first-order valence-corrected chi connectivity index (χ1v) is 5.83. The molecule has 0 aliphatic rings. The molecule has 1 N–H and O–H groups in total. The lowest BCUT2D eigenvalue weighted by molar-refractivity contribution is -0.135. The zero-order valence-electron chi connectivity index (χ0n) is 12.1. The van der Waals surface area contributed by atoms with Crippen molar-refractivity contribution < 1.29 is 14.6 Å². The molecule has 0 radical (unpaired) electrons. The van der Waals surface area contributed by atoms with Crippen LogP contribution in [0.4, 0.5) is 0 Å². The van der Waals surface area contributed by atoms with Crippen molar-refractivity contribution in [3.8, 4) is 0 Å². The SMILES string of the molecule is C=C(C)C(=C\C)/C(=C\O)C(=O)OC.CC.CC. The molecule has 0 fully saturated rings. The van der Waals surface area contributed by atoms with Crippen LogP contribution in [-0.2, 0) is 9.53 Å². The average molecular weight is 242 g/mol. The molecule has 3 nitrogen and oxygen atoms in total. The molecular formula is C14H26O3. The second-order valence-electron chi connectivity index (χ2n) is 2.52. The number of ether oxygens (including phenoxy) is 1. The highest BCUT2D eigenvalue weighted by atomic mass is 16.5. The van der Waals surface area contributed by atoms with Gasteiger partial charge < -0.3 is 9.84 Å². The van der Waals surface area contributed by atoms with Crippen LogP contribution in [0.1, 0.15) is 41.5 Å². The van der Waals surface area contributed by atoms with E-state index in [1.165, 1.54) is 7.11 Å². The summed E-state index contributed by atoms with van der Waals surface area (Å²) in [5.41, 5.74) is 1.42. The zero-order valence-corrected chi connectivity index (χ0v) is 12.1. The third kappa shape index (κ3) is 8.31. The van der Waals surface area contributed by atoms with E-state index < -0.39 is 5.97 Å². The van der Waals surface area contributed by atoms with E-state index in [-0.39, 0.29) is 5.57 Å². The van der Waals surface area contributed by atoms with Crippen LogP contribution in [-0.4, -0.2) is 18.2 Å². The molecule has 0 aromatic rings. The van der Waals surface area contributed by atoms with E-state index in [1.807, 2.05) is 27.7 Å². The molecule has 0 bridgehead atoms. The number of aliphatic hydroxyl groups excluding tert-OH is 1. The first-order valence-electron chi connectivity index (χ1n) is 5.83. The first-order chi connectivity index (χ1) is 8.08. The van der Waals surface area contributed by atoms with Crippen LogP contribution in [0, 0.1) is 0 Å². The van der Waals surface area contributed by atoms with Gasteiger partial charge >= 0.3 is 5.97 Å². The number of aliphatic hydroxyl groups is 1. The Kier molecular flexibility index (Phi) is 17.8. The number of hydrogen-bond acceptors (Lipinski definition) is 3. The molecule has 0 unspecified atom stereocenters. The van der Waals surface area contributed by atoms with E-state index >= 15 is 0 Å². The van der Waals surface area contributed by atoms with Crippen molar-refractivity contribution in [3.63, 3.8) is 0 Å². The van der Waals surface area contributed by atoms with Gasteiger partial charge in [-0.25, -0.2) is 4.79 Å². The van der Waals surface area contributed by atoms with Gasteiger partial charge in [0.1, 0.15) is 5.57 Å². The summed E-state index contributed by atoms with van der Waals surface area (Å²) in [4.78, 5) is 11.1. The van der Waals surface area contributed by atoms with E-state index in [4.69, 9.17) is 5.11 Å². The Hall–Kier alpha value is -1.51. The van der Waals surface area contributed by atoms with Gasteiger partial charge in [-0.15, -0.1) is 0 Å². The van der Waals surface area contributed by atoms with Crippen molar-refractivity contribution in [1.82, 2.24) is 0 Å². The Balaban J connectivity index is -0.000000439. The fourth-order valence-corrected chi connectivity index (χ4v) is 0.974. The largest absolute Gasteiger partial charge is 0.515 e. The van der Waals surface area contributed by atoms with Crippen LogP contribution in [0.25, 0.3) is 0 Å². The molecule has 0 rings (SSSR count). The molecule has 3 heteroatoms. The van der Waals surface area contributed by atoms with Crippen molar-refractivity contribution in [2.45, 2.75) is 41.5 Å². The van der Waals surface area contributed by atoms with Crippen LogP contribution in [0.2, 0.25) is 0 Å². The second-order valence-corrected chi connectivity index (χ2v) is 2.52. The highest BCUT2D eigenvalue weighted by Crippen LogP contribution is 2.18. The van der Waals surface area contributed by atoms with Gasteiger partial charge in [-0.05, 0) is 19.4 Å². The minimum Gasteiger partial charge on any atom is -0.515 e. The number of allylic oxidation sites excluding steroid dienone is 2. The van der Waals surface area contributed by atoms with Crippen molar-refractivity contribution in [1.29, 1.82) is 0 Å². The Labute approximate surface area is 105 Å². The summed E-state index contributed by atoms with van der Waals surface area (Å²) < 4.78 is 4.49. The second kappa shape index (κ2) is 14.5. The zero-order chi connectivity index (χ0) is 14.4. The average Bonchev–Trinajstić information content (AvgIpc) is 2.39. The lowest BCUT2D eigenvalue weighted by atomic mass is 10.0. The first kappa shape index (κ1) is 20.8. The summed E-state index contributed by atoms with van der Waals surface area (Å²) in [5.74, 6) is -0.571. The topological polar surface area (TPSA) is 46.5 Å². The number of rotatable bonds is 3. The van der Waals surface area contributed by atoms with Crippen LogP contribution >= 0.6 is 0 Å². The fourth-order valence-electron chi connectivity index (χ4n) is 0.974. The molecule has 0 aliphatic heterocycles. The molecule has 0 saturated heterocycles. The molecule has 0 saturated carbocycles. The summed E-state index contributed by atoms with van der Waals surface area (Å²) in [6.07, 6.45) is 2.43. The van der Waals surface area contributed by atoms with E-state index in [1.54, 1.807) is 19.9 Å². The number of methoxy groups -OCH3 is 1. The molecule has 0 amide bonds. The molecule has 0 heterocycles. The maximum absolute atomic E-state index is 11.1. The van der Waals surface area contributed by atoms with Gasteiger partial charge in [0.2, 0.25) is 0 Å².